The van der Waals surface area contributed by atoms with Gasteiger partial charge in [-0.05, 0) is 45.2 Å². The Bertz CT molecular complexity index is 587. The Labute approximate surface area is 154 Å². The second-order valence-electron chi connectivity index (χ2n) is 8.25. The molecule has 0 spiro atoms. The number of piperidine rings is 3. The van der Waals surface area contributed by atoms with E-state index in [0.717, 1.165) is 58.3 Å². The Balaban J connectivity index is 1.45. The smallest absolute Gasteiger partial charge is 0.320 e. The summed E-state index contributed by atoms with van der Waals surface area (Å²) in [5, 5.41) is 10.2. The van der Waals surface area contributed by atoms with Gasteiger partial charge in [-0.1, -0.05) is 0 Å². The molecule has 8 nitrogen and oxygen atoms in total. The van der Waals surface area contributed by atoms with Crippen LogP contribution in [0.5, 0.6) is 0 Å². The van der Waals surface area contributed by atoms with Crippen LogP contribution in [0.3, 0.4) is 0 Å². The van der Waals surface area contributed by atoms with Crippen molar-refractivity contribution < 1.29 is 14.3 Å². The van der Waals surface area contributed by atoms with Gasteiger partial charge in [0.2, 0.25) is 0 Å². The number of ether oxygens (including phenoxy) is 1. The number of urea groups is 1. The van der Waals surface area contributed by atoms with E-state index in [1.165, 1.54) is 0 Å². The summed E-state index contributed by atoms with van der Waals surface area (Å²) in [5.41, 5.74) is 0. The number of amides is 2. The summed E-state index contributed by atoms with van der Waals surface area (Å²) >= 11 is 0. The van der Waals surface area contributed by atoms with Gasteiger partial charge in [0.05, 0.1) is 24.5 Å². The van der Waals surface area contributed by atoms with Crippen molar-refractivity contribution in [2.45, 2.75) is 69.2 Å². The van der Waals surface area contributed by atoms with Gasteiger partial charge < -0.3 is 15.0 Å². The first-order chi connectivity index (χ1) is 12.7. The van der Waals surface area contributed by atoms with E-state index in [2.05, 4.69) is 20.9 Å². The van der Waals surface area contributed by atoms with E-state index < -0.39 is 0 Å². The van der Waals surface area contributed by atoms with Crippen molar-refractivity contribution in [1.82, 2.24) is 25.8 Å². The molecule has 0 saturated carbocycles. The summed E-state index contributed by atoms with van der Waals surface area (Å²) < 4.78 is 6.23. The SMILES string of the molecule is O=C1CCN2CCCCOC3CCNC4NC(=O)N(C5CCC1C2N5)C43. The highest BCUT2D eigenvalue weighted by Crippen LogP contribution is 2.34. The molecule has 0 aromatic carbocycles. The molecule has 0 aromatic rings. The van der Waals surface area contributed by atoms with E-state index in [1.54, 1.807) is 0 Å². The normalized spacial score (nSPS) is 43.9. The van der Waals surface area contributed by atoms with Crippen LogP contribution in [-0.2, 0) is 9.53 Å². The number of nitrogens with zero attached hydrogens (tertiary/aromatic N) is 2. The summed E-state index contributed by atoms with van der Waals surface area (Å²) in [4.78, 5) is 29.6. The monoisotopic (exact) mass is 363 g/mol. The molecule has 5 aliphatic rings. The molecular weight excluding hydrogens is 334 g/mol. The van der Waals surface area contributed by atoms with Gasteiger partial charge in [0.1, 0.15) is 11.9 Å². The Morgan fingerprint density at radius 1 is 1.08 bits per heavy atom. The minimum absolute atomic E-state index is 0.0115. The average molecular weight is 363 g/mol. The number of Topliss-reactive ketones (excluding diaryl/α,β-unsaturated/α-hetero) is 1. The molecule has 144 valence electrons. The topological polar surface area (TPSA) is 85.9 Å². The molecule has 3 N–H and O–H groups in total. The third-order valence-electron chi connectivity index (χ3n) is 6.81. The van der Waals surface area contributed by atoms with Crippen LogP contribution in [0.4, 0.5) is 4.79 Å². The van der Waals surface area contributed by atoms with Gasteiger partial charge in [-0.3, -0.25) is 20.3 Å². The Morgan fingerprint density at radius 2 is 2.00 bits per heavy atom. The molecule has 0 aliphatic carbocycles. The molecule has 5 saturated heterocycles. The first kappa shape index (κ1) is 16.9. The lowest BCUT2D eigenvalue weighted by Crippen LogP contribution is -2.68. The number of carbonyl (C=O) groups excluding carboxylic acids is 2. The zero-order valence-corrected chi connectivity index (χ0v) is 15.2. The van der Waals surface area contributed by atoms with Crippen LogP contribution in [0.25, 0.3) is 0 Å². The van der Waals surface area contributed by atoms with E-state index >= 15 is 0 Å². The highest BCUT2D eigenvalue weighted by molar-refractivity contribution is 5.83. The number of ketones is 1. The standard InChI is InChI=1S/C18H29N5O3/c24-12-6-9-22-8-1-2-10-26-13-5-7-19-16-15(13)23(18(25)21-16)14-4-3-11(12)17(22)20-14/h11,13-17,19-20H,1-10H2,(H,21,25). The van der Waals surface area contributed by atoms with Crippen molar-refractivity contribution in [2.75, 3.05) is 26.2 Å². The number of fused-ring (bicyclic) bond motifs is 2. The third-order valence-corrected chi connectivity index (χ3v) is 6.81. The summed E-state index contributed by atoms with van der Waals surface area (Å²) in [5.74, 6) is 0.453. The third kappa shape index (κ3) is 2.74. The van der Waals surface area contributed by atoms with Crippen molar-refractivity contribution in [3.8, 4) is 0 Å². The van der Waals surface area contributed by atoms with Gasteiger partial charge in [-0.2, -0.15) is 0 Å². The molecule has 6 atom stereocenters. The van der Waals surface area contributed by atoms with Crippen molar-refractivity contribution in [1.29, 1.82) is 0 Å². The zero-order valence-electron chi connectivity index (χ0n) is 15.2. The number of rotatable bonds is 0. The summed E-state index contributed by atoms with van der Waals surface area (Å²) in [6.07, 6.45) is 5.43. The van der Waals surface area contributed by atoms with Crippen LogP contribution >= 0.6 is 0 Å². The van der Waals surface area contributed by atoms with E-state index in [4.69, 9.17) is 4.74 Å². The molecule has 0 aromatic heterocycles. The maximum absolute atomic E-state index is 12.8. The van der Waals surface area contributed by atoms with Crippen molar-refractivity contribution in [3.05, 3.63) is 0 Å². The molecule has 5 fully saturated rings. The number of carbonyl (C=O) groups is 2. The van der Waals surface area contributed by atoms with Crippen LogP contribution in [0.2, 0.25) is 0 Å². The van der Waals surface area contributed by atoms with Crippen molar-refractivity contribution in [2.24, 2.45) is 5.92 Å². The predicted molar refractivity (Wildman–Crippen MR) is 94.2 cm³/mol. The second-order valence-corrected chi connectivity index (χ2v) is 8.25. The van der Waals surface area contributed by atoms with E-state index in [1.807, 2.05) is 4.90 Å². The number of nitrogens with one attached hydrogen (secondary N) is 3. The zero-order chi connectivity index (χ0) is 17.7. The summed E-state index contributed by atoms with van der Waals surface area (Å²) in [6, 6.07) is -0.0119. The van der Waals surface area contributed by atoms with Gasteiger partial charge in [0, 0.05) is 25.5 Å². The molecule has 6 unspecified atom stereocenters. The molecular formula is C18H29N5O3. The fraction of sp³-hybridized carbons (Fsp3) is 0.889. The predicted octanol–water partition coefficient (Wildman–Crippen LogP) is -0.195. The number of hydrogen-bond acceptors (Lipinski definition) is 6. The quantitative estimate of drug-likeness (QED) is 0.553. The fourth-order valence-electron chi connectivity index (χ4n) is 5.53. The molecule has 0 radical (unpaired) electrons. The maximum Gasteiger partial charge on any atom is 0.320 e. The molecule has 2 bridgehead atoms. The lowest BCUT2D eigenvalue weighted by molar-refractivity contribution is -0.134. The van der Waals surface area contributed by atoms with Crippen LogP contribution in [0, 0.1) is 5.92 Å². The van der Waals surface area contributed by atoms with Crippen LogP contribution in [0.1, 0.15) is 38.5 Å². The van der Waals surface area contributed by atoms with Crippen molar-refractivity contribution >= 4 is 11.8 Å². The molecule has 5 rings (SSSR count). The van der Waals surface area contributed by atoms with Gasteiger partial charge in [0.25, 0.3) is 0 Å². The molecule has 5 heterocycles. The van der Waals surface area contributed by atoms with Crippen LogP contribution < -0.4 is 16.0 Å². The fourth-order valence-corrected chi connectivity index (χ4v) is 5.53. The highest BCUT2D eigenvalue weighted by atomic mass is 16.5. The molecule has 26 heavy (non-hydrogen) atoms. The van der Waals surface area contributed by atoms with Gasteiger partial charge >= 0.3 is 6.03 Å². The first-order valence-electron chi connectivity index (χ1n) is 10.2. The van der Waals surface area contributed by atoms with E-state index in [-0.39, 0.29) is 42.6 Å². The Morgan fingerprint density at radius 3 is 2.92 bits per heavy atom. The molecule has 8 heteroatoms. The first-order valence-corrected chi connectivity index (χ1v) is 10.2. The van der Waals surface area contributed by atoms with Gasteiger partial charge in [0.15, 0.2) is 0 Å². The molecule has 2 amide bonds. The maximum atomic E-state index is 12.8. The van der Waals surface area contributed by atoms with Crippen LogP contribution in [-0.4, -0.2) is 78.5 Å². The summed E-state index contributed by atoms with van der Waals surface area (Å²) in [6.45, 7) is 3.42. The van der Waals surface area contributed by atoms with Gasteiger partial charge in [-0.25, -0.2) is 4.79 Å². The largest absolute Gasteiger partial charge is 0.376 e. The van der Waals surface area contributed by atoms with E-state index in [9.17, 15) is 9.59 Å². The molecule has 5 aliphatic heterocycles. The Hall–Kier alpha value is -1.22. The van der Waals surface area contributed by atoms with Gasteiger partial charge in [-0.15, -0.1) is 0 Å². The summed E-state index contributed by atoms with van der Waals surface area (Å²) in [7, 11) is 0. The Kier molecular flexibility index (Phi) is 4.39. The number of hydrogen-bond donors (Lipinski definition) is 3. The van der Waals surface area contributed by atoms with Crippen molar-refractivity contribution in [3.63, 3.8) is 0 Å². The second kappa shape index (κ2) is 6.74. The van der Waals surface area contributed by atoms with Crippen LogP contribution in [0.15, 0.2) is 0 Å². The minimum Gasteiger partial charge on any atom is -0.376 e. The lowest BCUT2D eigenvalue weighted by Gasteiger charge is -2.50. The van der Waals surface area contributed by atoms with E-state index in [0.29, 0.717) is 12.2 Å². The average Bonchev–Trinajstić information content (AvgIpc) is 2.98. The minimum atomic E-state index is -0.0483. The lowest BCUT2D eigenvalue weighted by atomic mass is 9.84. The highest BCUT2D eigenvalue weighted by Gasteiger charge is 2.51.